The number of phenols is 4. The van der Waals surface area contributed by atoms with Gasteiger partial charge >= 0.3 is 0 Å². The van der Waals surface area contributed by atoms with Crippen molar-refractivity contribution in [2.24, 2.45) is 0 Å². The van der Waals surface area contributed by atoms with Crippen LogP contribution in [0.2, 0.25) is 0 Å². The highest BCUT2D eigenvalue weighted by Crippen LogP contribution is 2.46. The number of Topliss-reactive ketones (excluding diaryl/α,β-unsaturated/α-hetero) is 1. The van der Waals surface area contributed by atoms with Crippen LogP contribution in [0.15, 0.2) is 29.8 Å². The van der Waals surface area contributed by atoms with Gasteiger partial charge in [0.1, 0.15) is 17.9 Å². The molecule has 0 aromatic heterocycles. The third kappa shape index (κ3) is 2.45. The second-order valence-electron chi connectivity index (χ2n) is 5.19. The normalized spacial score (nSPS) is 15.0. The van der Waals surface area contributed by atoms with E-state index in [1.807, 2.05) is 0 Å². The number of carbonyl (C=O) groups excluding carboxylic acids is 1. The highest BCUT2D eigenvalue weighted by atomic mass is 16.5. The van der Waals surface area contributed by atoms with Crippen molar-refractivity contribution in [3.8, 4) is 34.5 Å². The van der Waals surface area contributed by atoms with E-state index in [-0.39, 0.29) is 46.5 Å². The number of carbonyl (C=O) groups is 1. The molecule has 0 saturated heterocycles. The standard InChI is InChI=1S/C17H14O7/c1-23-17-12(20)6-13-14(16(17)22)15(21)9(7-24-13)4-8-2-3-10(18)11(19)5-8/h2-6,18-20,22H,7H2,1H3/b9-4-. The minimum Gasteiger partial charge on any atom is -0.504 e. The summed E-state index contributed by atoms with van der Waals surface area (Å²) in [6.07, 6.45) is 1.48. The van der Waals surface area contributed by atoms with E-state index in [0.717, 1.165) is 0 Å². The maximum Gasteiger partial charge on any atom is 0.203 e. The summed E-state index contributed by atoms with van der Waals surface area (Å²) in [5.41, 5.74) is 0.603. The molecule has 3 rings (SSSR count). The van der Waals surface area contributed by atoms with Crippen LogP contribution in [-0.4, -0.2) is 39.9 Å². The summed E-state index contributed by atoms with van der Waals surface area (Å²) in [6, 6.07) is 5.31. The van der Waals surface area contributed by atoms with Crippen LogP contribution in [0.4, 0.5) is 0 Å². The number of hydrogen-bond acceptors (Lipinski definition) is 7. The molecule has 0 amide bonds. The van der Waals surface area contributed by atoms with Crippen LogP contribution in [0.3, 0.4) is 0 Å². The van der Waals surface area contributed by atoms with Crippen LogP contribution in [0.1, 0.15) is 15.9 Å². The summed E-state index contributed by atoms with van der Waals surface area (Å²) in [4.78, 5) is 12.6. The first kappa shape index (κ1) is 15.5. The lowest BCUT2D eigenvalue weighted by atomic mass is 9.96. The predicted octanol–water partition coefficient (Wildman–Crippen LogP) is 2.18. The zero-order valence-corrected chi connectivity index (χ0v) is 12.6. The van der Waals surface area contributed by atoms with Crippen LogP contribution in [0, 0.1) is 0 Å². The summed E-state index contributed by atoms with van der Waals surface area (Å²) in [5, 5.41) is 38.7. The number of ketones is 1. The van der Waals surface area contributed by atoms with Crippen molar-refractivity contribution < 1.29 is 34.7 Å². The average Bonchev–Trinajstić information content (AvgIpc) is 2.53. The van der Waals surface area contributed by atoms with Gasteiger partial charge in [-0.15, -0.1) is 0 Å². The van der Waals surface area contributed by atoms with E-state index in [9.17, 15) is 25.2 Å². The Hall–Kier alpha value is -3.35. The molecule has 0 spiro atoms. The minimum absolute atomic E-state index is 0.0569. The molecule has 1 heterocycles. The molecule has 0 atom stereocenters. The summed E-state index contributed by atoms with van der Waals surface area (Å²) >= 11 is 0. The fourth-order valence-corrected chi connectivity index (χ4v) is 2.47. The lowest BCUT2D eigenvalue weighted by Gasteiger charge is -2.21. The number of fused-ring (bicyclic) bond motifs is 1. The Balaban J connectivity index is 2.06. The molecule has 7 nitrogen and oxygen atoms in total. The first-order chi connectivity index (χ1) is 11.4. The third-order valence-corrected chi connectivity index (χ3v) is 3.65. The molecule has 0 saturated carbocycles. The van der Waals surface area contributed by atoms with Gasteiger partial charge in [-0.25, -0.2) is 0 Å². The van der Waals surface area contributed by atoms with Gasteiger partial charge in [-0.1, -0.05) is 6.07 Å². The molecule has 124 valence electrons. The molecule has 24 heavy (non-hydrogen) atoms. The lowest BCUT2D eigenvalue weighted by molar-refractivity contribution is 0.0996. The molecule has 0 unspecified atom stereocenters. The Morgan fingerprint density at radius 2 is 1.83 bits per heavy atom. The molecule has 0 aliphatic carbocycles. The number of aromatic hydroxyl groups is 4. The Morgan fingerprint density at radius 3 is 2.50 bits per heavy atom. The van der Waals surface area contributed by atoms with Crippen molar-refractivity contribution in [3.05, 3.63) is 41.0 Å². The minimum atomic E-state index is -0.503. The third-order valence-electron chi connectivity index (χ3n) is 3.65. The van der Waals surface area contributed by atoms with Crippen molar-refractivity contribution in [2.75, 3.05) is 13.7 Å². The van der Waals surface area contributed by atoms with Crippen LogP contribution in [0.5, 0.6) is 34.5 Å². The smallest absolute Gasteiger partial charge is 0.203 e. The molecule has 0 radical (unpaired) electrons. The molecule has 2 aromatic rings. The van der Waals surface area contributed by atoms with Crippen molar-refractivity contribution >= 4 is 11.9 Å². The maximum atomic E-state index is 12.6. The van der Waals surface area contributed by atoms with Crippen LogP contribution in [0.25, 0.3) is 6.08 Å². The van der Waals surface area contributed by atoms with Crippen molar-refractivity contribution in [3.63, 3.8) is 0 Å². The fraction of sp³-hybridized carbons (Fsp3) is 0.118. The van der Waals surface area contributed by atoms with E-state index in [0.29, 0.717) is 5.56 Å². The van der Waals surface area contributed by atoms with E-state index < -0.39 is 11.5 Å². The number of ether oxygens (including phenoxy) is 2. The van der Waals surface area contributed by atoms with Gasteiger partial charge in [0.05, 0.1) is 7.11 Å². The van der Waals surface area contributed by atoms with Gasteiger partial charge in [-0.05, 0) is 23.8 Å². The molecule has 2 aromatic carbocycles. The molecule has 0 fully saturated rings. The number of methoxy groups -OCH3 is 1. The number of rotatable bonds is 2. The molecular formula is C17H14O7. The Labute approximate surface area is 136 Å². The SMILES string of the molecule is COc1c(O)cc2c(c1O)C(=O)/C(=C\c1ccc(O)c(O)c1)CO2. The van der Waals surface area contributed by atoms with E-state index >= 15 is 0 Å². The molecule has 1 aliphatic heterocycles. The topological polar surface area (TPSA) is 116 Å². The quantitative estimate of drug-likeness (QED) is 0.492. The summed E-state index contributed by atoms with van der Waals surface area (Å²) < 4.78 is 10.3. The first-order valence-corrected chi connectivity index (χ1v) is 6.95. The van der Waals surface area contributed by atoms with Crippen LogP contribution < -0.4 is 9.47 Å². The second-order valence-corrected chi connectivity index (χ2v) is 5.19. The second kappa shape index (κ2) is 5.69. The van der Waals surface area contributed by atoms with Gasteiger partial charge in [0, 0.05) is 11.6 Å². The largest absolute Gasteiger partial charge is 0.504 e. The van der Waals surface area contributed by atoms with E-state index in [1.165, 1.54) is 37.5 Å². The molecular weight excluding hydrogens is 316 g/mol. The molecule has 0 bridgehead atoms. The van der Waals surface area contributed by atoms with Gasteiger partial charge in [0.2, 0.25) is 5.75 Å². The summed E-state index contributed by atoms with van der Waals surface area (Å²) in [6.45, 7) is -0.0708. The van der Waals surface area contributed by atoms with E-state index in [1.54, 1.807) is 0 Å². The zero-order valence-electron chi connectivity index (χ0n) is 12.6. The molecule has 7 heteroatoms. The zero-order chi connectivity index (χ0) is 17.4. The number of benzene rings is 2. The highest BCUT2D eigenvalue weighted by molar-refractivity contribution is 6.16. The van der Waals surface area contributed by atoms with Gasteiger partial charge in [0.15, 0.2) is 28.8 Å². The van der Waals surface area contributed by atoms with Crippen LogP contribution >= 0.6 is 0 Å². The van der Waals surface area contributed by atoms with Gasteiger partial charge < -0.3 is 29.9 Å². The maximum absolute atomic E-state index is 12.6. The molecule has 1 aliphatic rings. The monoisotopic (exact) mass is 330 g/mol. The Bertz CT molecular complexity index is 868. The summed E-state index contributed by atoms with van der Waals surface area (Å²) in [7, 11) is 1.26. The Morgan fingerprint density at radius 1 is 1.08 bits per heavy atom. The van der Waals surface area contributed by atoms with Crippen molar-refractivity contribution in [2.45, 2.75) is 0 Å². The van der Waals surface area contributed by atoms with Crippen molar-refractivity contribution in [1.82, 2.24) is 0 Å². The molecule has 4 N–H and O–H groups in total. The van der Waals surface area contributed by atoms with Gasteiger partial charge in [-0.3, -0.25) is 4.79 Å². The van der Waals surface area contributed by atoms with Crippen molar-refractivity contribution in [1.29, 1.82) is 0 Å². The van der Waals surface area contributed by atoms with Crippen LogP contribution in [-0.2, 0) is 0 Å². The first-order valence-electron chi connectivity index (χ1n) is 6.95. The summed E-state index contributed by atoms with van der Waals surface area (Å²) in [5.74, 6) is -2.07. The lowest BCUT2D eigenvalue weighted by Crippen LogP contribution is -2.19. The average molecular weight is 330 g/mol. The van der Waals surface area contributed by atoms with E-state index in [2.05, 4.69) is 0 Å². The van der Waals surface area contributed by atoms with Gasteiger partial charge in [0.25, 0.3) is 0 Å². The number of phenolic OH excluding ortho intramolecular Hbond substituents is 4. The highest BCUT2D eigenvalue weighted by Gasteiger charge is 2.30. The Kier molecular flexibility index (Phi) is 3.69. The van der Waals surface area contributed by atoms with Gasteiger partial charge in [-0.2, -0.15) is 0 Å². The van der Waals surface area contributed by atoms with E-state index in [4.69, 9.17) is 9.47 Å². The number of hydrogen-bond donors (Lipinski definition) is 4. The predicted molar refractivity (Wildman–Crippen MR) is 83.9 cm³/mol. The fourth-order valence-electron chi connectivity index (χ4n) is 2.47.